The van der Waals surface area contributed by atoms with Crippen molar-refractivity contribution in [2.75, 3.05) is 19.5 Å². The van der Waals surface area contributed by atoms with Gasteiger partial charge in [0.2, 0.25) is 5.89 Å². The van der Waals surface area contributed by atoms with Gasteiger partial charge in [-0.25, -0.2) is 4.98 Å². The summed E-state index contributed by atoms with van der Waals surface area (Å²) in [5.41, 5.74) is 5.61. The van der Waals surface area contributed by atoms with Crippen LogP contribution in [0, 0.1) is 6.92 Å². The van der Waals surface area contributed by atoms with Gasteiger partial charge in [-0.15, -0.1) is 0 Å². The van der Waals surface area contributed by atoms with Crippen molar-refractivity contribution in [3.8, 4) is 23.0 Å². The number of ether oxygens (including phenoxy) is 2. The number of fused-ring (bicyclic) bond motifs is 1. The van der Waals surface area contributed by atoms with Gasteiger partial charge in [0.05, 0.1) is 14.2 Å². The van der Waals surface area contributed by atoms with Crippen molar-refractivity contribution in [3.63, 3.8) is 0 Å². The van der Waals surface area contributed by atoms with Crippen LogP contribution in [-0.4, -0.2) is 25.1 Å². The Morgan fingerprint density at radius 1 is 1.00 bits per heavy atom. The summed E-state index contributed by atoms with van der Waals surface area (Å²) < 4.78 is 16.5. The van der Waals surface area contributed by atoms with Gasteiger partial charge in [-0.2, -0.15) is 0 Å². The molecule has 4 aromatic rings. The van der Waals surface area contributed by atoms with Crippen molar-refractivity contribution in [3.05, 3.63) is 71.3 Å². The third-order valence-electron chi connectivity index (χ3n) is 5.21. The van der Waals surface area contributed by atoms with Crippen LogP contribution < -0.4 is 14.8 Å². The molecular weight excluding hydrogens is 392 g/mol. The first-order valence-corrected chi connectivity index (χ1v) is 10.1. The highest BCUT2D eigenvalue weighted by atomic mass is 16.5. The molecule has 0 aliphatic rings. The lowest BCUT2D eigenvalue weighted by atomic mass is 10.1. The van der Waals surface area contributed by atoms with Crippen LogP contribution in [0.4, 0.5) is 5.69 Å². The molecule has 1 aromatic heterocycles. The standard InChI is InChI=1S/C25H24N2O4/c1-5-16-7-9-23-22(10-16)27-25(31-23)17-8-6-15(2)21(13-17)26-24(28)18-11-19(29-3)14-20(12-18)30-4/h6-14H,5H2,1-4H3,(H,26,28). The van der Waals surface area contributed by atoms with Crippen molar-refractivity contribution < 1.29 is 18.7 Å². The van der Waals surface area contributed by atoms with Gasteiger partial charge in [0.15, 0.2) is 5.58 Å². The van der Waals surface area contributed by atoms with Gasteiger partial charge in [-0.05, 0) is 60.9 Å². The third kappa shape index (κ3) is 4.23. The van der Waals surface area contributed by atoms with E-state index in [1.807, 2.05) is 43.3 Å². The molecule has 0 unspecified atom stereocenters. The Hall–Kier alpha value is -3.80. The highest BCUT2D eigenvalue weighted by Gasteiger charge is 2.14. The number of aryl methyl sites for hydroxylation is 2. The van der Waals surface area contributed by atoms with Crippen molar-refractivity contribution in [2.45, 2.75) is 20.3 Å². The SMILES string of the molecule is CCc1ccc2oc(-c3ccc(C)c(NC(=O)c4cc(OC)cc(OC)c4)c3)nc2c1. The number of carbonyl (C=O) groups excluding carboxylic acids is 1. The molecule has 0 bridgehead atoms. The molecule has 3 aromatic carbocycles. The zero-order valence-corrected chi connectivity index (χ0v) is 18.0. The summed E-state index contributed by atoms with van der Waals surface area (Å²) in [5.74, 6) is 1.35. The zero-order chi connectivity index (χ0) is 22.0. The molecule has 4 rings (SSSR count). The predicted octanol–water partition coefficient (Wildman–Crippen LogP) is 5.64. The second kappa shape index (κ2) is 8.52. The smallest absolute Gasteiger partial charge is 0.255 e. The molecule has 0 spiro atoms. The quantitative estimate of drug-likeness (QED) is 0.441. The lowest BCUT2D eigenvalue weighted by Gasteiger charge is -2.11. The first-order chi connectivity index (χ1) is 15.0. The Balaban J connectivity index is 1.65. The molecule has 0 saturated heterocycles. The molecule has 6 heteroatoms. The molecule has 0 atom stereocenters. The van der Waals surface area contributed by atoms with E-state index in [2.05, 4.69) is 17.2 Å². The third-order valence-corrected chi connectivity index (χ3v) is 5.21. The van der Waals surface area contributed by atoms with Gasteiger partial charge < -0.3 is 19.2 Å². The topological polar surface area (TPSA) is 73.6 Å². The van der Waals surface area contributed by atoms with Crippen LogP contribution in [0.1, 0.15) is 28.4 Å². The molecule has 1 N–H and O–H groups in total. The summed E-state index contributed by atoms with van der Waals surface area (Å²) in [6.07, 6.45) is 0.938. The Labute approximate surface area is 180 Å². The summed E-state index contributed by atoms with van der Waals surface area (Å²) in [5, 5.41) is 2.97. The number of oxazole rings is 1. The van der Waals surface area contributed by atoms with Crippen molar-refractivity contribution in [2.24, 2.45) is 0 Å². The molecule has 0 saturated carbocycles. The van der Waals surface area contributed by atoms with Crippen LogP contribution >= 0.6 is 0 Å². The number of benzene rings is 3. The fraction of sp³-hybridized carbons (Fsp3) is 0.200. The number of nitrogens with one attached hydrogen (secondary N) is 1. The van der Waals surface area contributed by atoms with Gasteiger partial charge in [-0.3, -0.25) is 4.79 Å². The van der Waals surface area contributed by atoms with Gasteiger partial charge in [0.1, 0.15) is 17.0 Å². The van der Waals surface area contributed by atoms with Crippen LogP contribution in [0.3, 0.4) is 0 Å². The minimum atomic E-state index is -0.261. The predicted molar refractivity (Wildman–Crippen MR) is 121 cm³/mol. The minimum Gasteiger partial charge on any atom is -0.497 e. The number of anilines is 1. The highest BCUT2D eigenvalue weighted by molar-refractivity contribution is 6.05. The maximum atomic E-state index is 12.9. The Morgan fingerprint density at radius 2 is 1.74 bits per heavy atom. The maximum Gasteiger partial charge on any atom is 0.255 e. The molecule has 1 amide bonds. The minimum absolute atomic E-state index is 0.261. The Morgan fingerprint density at radius 3 is 2.42 bits per heavy atom. The van der Waals surface area contributed by atoms with Gasteiger partial charge in [-0.1, -0.05) is 19.1 Å². The number of aromatic nitrogens is 1. The summed E-state index contributed by atoms with van der Waals surface area (Å²) >= 11 is 0. The van der Waals surface area contributed by atoms with Crippen LogP contribution in [-0.2, 0) is 6.42 Å². The van der Waals surface area contributed by atoms with E-state index in [9.17, 15) is 4.79 Å². The van der Waals surface area contributed by atoms with E-state index in [-0.39, 0.29) is 5.91 Å². The Bertz CT molecular complexity index is 1240. The summed E-state index contributed by atoms with van der Waals surface area (Å²) in [6, 6.07) is 16.8. The first kappa shape index (κ1) is 20.5. The van der Waals surface area contributed by atoms with Crippen molar-refractivity contribution in [1.82, 2.24) is 4.98 Å². The fourth-order valence-corrected chi connectivity index (χ4v) is 3.34. The first-order valence-electron chi connectivity index (χ1n) is 10.1. The fourth-order valence-electron chi connectivity index (χ4n) is 3.34. The molecule has 158 valence electrons. The van der Waals surface area contributed by atoms with E-state index in [1.54, 1.807) is 32.4 Å². The van der Waals surface area contributed by atoms with Crippen LogP contribution in [0.5, 0.6) is 11.5 Å². The number of hydrogen-bond donors (Lipinski definition) is 1. The molecule has 0 radical (unpaired) electrons. The van der Waals surface area contributed by atoms with Crippen LogP contribution in [0.2, 0.25) is 0 Å². The number of rotatable bonds is 6. The van der Waals surface area contributed by atoms with E-state index in [4.69, 9.17) is 13.9 Å². The Kier molecular flexibility index (Phi) is 5.62. The second-order valence-electron chi connectivity index (χ2n) is 7.26. The van der Waals surface area contributed by atoms with E-state index in [0.29, 0.717) is 28.6 Å². The lowest BCUT2D eigenvalue weighted by Crippen LogP contribution is -2.13. The summed E-state index contributed by atoms with van der Waals surface area (Å²) in [6.45, 7) is 4.04. The highest BCUT2D eigenvalue weighted by Crippen LogP contribution is 2.29. The monoisotopic (exact) mass is 416 g/mol. The number of amides is 1. The number of nitrogens with zero attached hydrogens (tertiary/aromatic N) is 1. The van der Waals surface area contributed by atoms with Crippen molar-refractivity contribution >= 4 is 22.7 Å². The van der Waals surface area contributed by atoms with E-state index >= 15 is 0 Å². The second-order valence-corrected chi connectivity index (χ2v) is 7.26. The van der Waals surface area contributed by atoms with E-state index < -0.39 is 0 Å². The van der Waals surface area contributed by atoms with Gasteiger partial charge in [0, 0.05) is 22.9 Å². The zero-order valence-electron chi connectivity index (χ0n) is 18.0. The molecule has 0 aliphatic heterocycles. The molecule has 0 fully saturated rings. The molecule has 1 heterocycles. The molecular formula is C25H24N2O4. The van der Waals surface area contributed by atoms with Crippen LogP contribution in [0.25, 0.3) is 22.6 Å². The van der Waals surface area contributed by atoms with Gasteiger partial charge in [0.25, 0.3) is 5.91 Å². The maximum absolute atomic E-state index is 12.9. The lowest BCUT2D eigenvalue weighted by molar-refractivity contribution is 0.102. The number of methoxy groups -OCH3 is 2. The van der Waals surface area contributed by atoms with Gasteiger partial charge >= 0.3 is 0 Å². The number of carbonyl (C=O) groups is 1. The number of hydrogen-bond acceptors (Lipinski definition) is 5. The van der Waals surface area contributed by atoms with E-state index in [0.717, 1.165) is 28.6 Å². The normalized spacial score (nSPS) is 10.8. The largest absolute Gasteiger partial charge is 0.497 e. The average Bonchev–Trinajstić information content (AvgIpc) is 3.23. The average molecular weight is 416 g/mol. The van der Waals surface area contributed by atoms with Crippen molar-refractivity contribution in [1.29, 1.82) is 0 Å². The molecule has 0 aliphatic carbocycles. The van der Waals surface area contributed by atoms with E-state index in [1.165, 1.54) is 5.56 Å². The molecule has 31 heavy (non-hydrogen) atoms. The summed E-state index contributed by atoms with van der Waals surface area (Å²) in [4.78, 5) is 17.5. The molecule has 6 nitrogen and oxygen atoms in total. The summed E-state index contributed by atoms with van der Waals surface area (Å²) in [7, 11) is 3.10. The van der Waals surface area contributed by atoms with Crippen LogP contribution in [0.15, 0.2) is 59.0 Å².